The lowest BCUT2D eigenvalue weighted by Crippen LogP contribution is -1.84. The van der Waals surface area contributed by atoms with E-state index in [1.807, 2.05) is 36.4 Å². The van der Waals surface area contributed by atoms with Crippen LogP contribution in [0.4, 0.5) is 5.69 Å². The number of ether oxygens (including phenoxy) is 1. The molecule has 2 rings (SSSR count). The summed E-state index contributed by atoms with van der Waals surface area (Å²) in [5.74, 6) is 0.766. The van der Waals surface area contributed by atoms with Crippen molar-refractivity contribution < 1.29 is 4.74 Å². The second-order valence-corrected chi connectivity index (χ2v) is 3.22. The molecule has 3 nitrogen and oxygen atoms in total. The lowest BCUT2D eigenvalue weighted by molar-refractivity contribution is 0.416. The van der Waals surface area contributed by atoms with Gasteiger partial charge in [-0.1, -0.05) is 18.2 Å². The number of aromatic nitrogens is 1. The highest BCUT2D eigenvalue weighted by Gasteiger charge is 1.97. The number of nitrogens with zero attached hydrogens (tertiary/aromatic N) is 2. The van der Waals surface area contributed by atoms with Crippen LogP contribution in [0.15, 0.2) is 53.8 Å². The summed E-state index contributed by atoms with van der Waals surface area (Å²) in [6.45, 7) is 0. The van der Waals surface area contributed by atoms with Gasteiger partial charge in [0.15, 0.2) is 0 Å². The van der Waals surface area contributed by atoms with Gasteiger partial charge >= 0.3 is 0 Å². The Balaban J connectivity index is 2.24. The lowest BCUT2D eigenvalue weighted by Gasteiger charge is -2.02. The second-order valence-electron chi connectivity index (χ2n) is 3.22. The molecular weight excluding hydrogens is 200 g/mol. The summed E-state index contributed by atoms with van der Waals surface area (Å²) in [6, 6.07) is 11.5. The molecule has 0 aliphatic heterocycles. The summed E-state index contributed by atoms with van der Waals surface area (Å²) in [6.07, 6.45) is 5.27. The van der Waals surface area contributed by atoms with Crippen molar-refractivity contribution in [2.24, 2.45) is 4.99 Å². The first kappa shape index (κ1) is 10.4. The first-order valence-electron chi connectivity index (χ1n) is 4.97. The molecule has 0 saturated heterocycles. The predicted octanol–water partition coefficient (Wildman–Crippen LogP) is 2.84. The topological polar surface area (TPSA) is 34.5 Å². The number of hydrogen-bond acceptors (Lipinski definition) is 3. The molecule has 1 aromatic carbocycles. The molecule has 0 atom stereocenters. The van der Waals surface area contributed by atoms with Gasteiger partial charge in [0.25, 0.3) is 0 Å². The van der Waals surface area contributed by atoms with Crippen LogP contribution in [-0.2, 0) is 0 Å². The first-order chi connectivity index (χ1) is 7.90. The zero-order valence-electron chi connectivity index (χ0n) is 9.00. The average molecular weight is 212 g/mol. The third-order valence-electron chi connectivity index (χ3n) is 2.12. The summed E-state index contributed by atoms with van der Waals surface area (Å²) < 4.78 is 5.20. The number of rotatable bonds is 3. The molecule has 0 amide bonds. The summed E-state index contributed by atoms with van der Waals surface area (Å²) in [5.41, 5.74) is 1.78. The summed E-state index contributed by atoms with van der Waals surface area (Å²) >= 11 is 0. The fourth-order valence-corrected chi connectivity index (χ4v) is 1.33. The van der Waals surface area contributed by atoms with Gasteiger partial charge in [-0.2, -0.15) is 0 Å². The van der Waals surface area contributed by atoms with E-state index in [1.165, 1.54) is 0 Å². The quantitative estimate of drug-likeness (QED) is 0.733. The Morgan fingerprint density at radius 1 is 1.19 bits per heavy atom. The smallest absolute Gasteiger partial charge is 0.144 e. The van der Waals surface area contributed by atoms with Crippen molar-refractivity contribution in [1.29, 1.82) is 0 Å². The van der Waals surface area contributed by atoms with E-state index in [4.69, 9.17) is 4.74 Å². The minimum Gasteiger partial charge on any atom is -0.494 e. The van der Waals surface area contributed by atoms with Gasteiger partial charge in [0.05, 0.1) is 7.11 Å². The van der Waals surface area contributed by atoms with Crippen molar-refractivity contribution in [2.45, 2.75) is 0 Å². The SMILES string of the molecule is COc1ccccc1/N=C/c1cccnc1. The number of benzene rings is 1. The molecule has 0 saturated carbocycles. The monoisotopic (exact) mass is 212 g/mol. The number of para-hydroxylation sites is 2. The minimum atomic E-state index is 0.766. The largest absolute Gasteiger partial charge is 0.494 e. The normalized spacial score (nSPS) is 10.6. The molecule has 3 heteroatoms. The Hall–Kier alpha value is -2.16. The number of aliphatic imine (C=N–C) groups is 1. The number of methoxy groups -OCH3 is 1. The van der Waals surface area contributed by atoms with E-state index in [1.54, 1.807) is 25.7 Å². The van der Waals surface area contributed by atoms with Crippen LogP contribution in [0.1, 0.15) is 5.56 Å². The van der Waals surface area contributed by atoms with Crippen LogP contribution < -0.4 is 4.74 Å². The Labute approximate surface area is 94.4 Å². The zero-order chi connectivity index (χ0) is 11.2. The summed E-state index contributed by atoms with van der Waals surface area (Å²) in [5, 5.41) is 0. The molecule has 1 heterocycles. The lowest BCUT2D eigenvalue weighted by atomic mass is 10.3. The first-order valence-corrected chi connectivity index (χ1v) is 4.97. The van der Waals surface area contributed by atoms with Crippen LogP contribution in [0.2, 0.25) is 0 Å². The van der Waals surface area contributed by atoms with Crippen LogP contribution in [-0.4, -0.2) is 18.3 Å². The fourth-order valence-electron chi connectivity index (χ4n) is 1.33. The van der Waals surface area contributed by atoms with Crippen molar-refractivity contribution in [3.8, 4) is 5.75 Å². The highest BCUT2D eigenvalue weighted by atomic mass is 16.5. The second kappa shape index (κ2) is 5.07. The molecule has 80 valence electrons. The fraction of sp³-hybridized carbons (Fsp3) is 0.0769. The molecule has 0 aliphatic rings. The van der Waals surface area contributed by atoms with Gasteiger partial charge in [0, 0.05) is 24.2 Å². The molecule has 0 fully saturated rings. The van der Waals surface area contributed by atoms with Gasteiger partial charge in [-0.05, 0) is 18.2 Å². The van der Waals surface area contributed by atoms with Crippen LogP contribution in [0.5, 0.6) is 5.75 Å². The van der Waals surface area contributed by atoms with E-state index in [2.05, 4.69) is 9.98 Å². The molecule has 0 radical (unpaired) electrons. The molecule has 16 heavy (non-hydrogen) atoms. The number of hydrogen-bond donors (Lipinski definition) is 0. The molecule has 0 bridgehead atoms. The van der Waals surface area contributed by atoms with Crippen LogP contribution in [0.25, 0.3) is 0 Å². The van der Waals surface area contributed by atoms with Gasteiger partial charge in [0.2, 0.25) is 0 Å². The van der Waals surface area contributed by atoms with Crippen molar-refractivity contribution >= 4 is 11.9 Å². The average Bonchev–Trinajstić information content (AvgIpc) is 2.38. The molecule has 0 spiro atoms. The zero-order valence-corrected chi connectivity index (χ0v) is 9.00. The van der Waals surface area contributed by atoms with Crippen molar-refractivity contribution in [1.82, 2.24) is 4.98 Å². The molecule has 2 aromatic rings. The molecular formula is C13H12N2O. The number of pyridine rings is 1. The van der Waals surface area contributed by atoms with Crippen LogP contribution in [0.3, 0.4) is 0 Å². The maximum atomic E-state index is 5.20. The molecule has 0 N–H and O–H groups in total. The molecule has 0 unspecified atom stereocenters. The van der Waals surface area contributed by atoms with E-state index < -0.39 is 0 Å². The van der Waals surface area contributed by atoms with Gasteiger partial charge in [-0.25, -0.2) is 0 Å². The molecule has 0 aliphatic carbocycles. The minimum absolute atomic E-state index is 0.766. The van der Waals surface area contributed by atoms with E-state index in [9.17, 15) is 0 Å². The maximum absolute atomic E-state index is 5.20. The summed E-state index contributed by atoms with van der Waals surface area (Å²) in [7, 11) is 1.64. The van der Waals surface area contributed by atoms with Gasteiger partial charge in [-0.15, -0.1) is 0 Å². The van der Waals surface area contributed by atoms with E-state index in [-0.39, 0.29) is 0 Å². The predicted molar refractivity (Wildman–Crippen MR) is 64.5 cm³/mol. The van der Waals surface area contributed by atoms with Crippen molar-refractivity contribution in [3.05, 3.63) is 54.4 Å². The van der Waals surface area contributed by atoms with Crippen LogP contribution >= 0.6 is 0 Å². The van der Waals surface area contributed by atoms with E-state index in [0.29, 0.717) is 0 Å². The van der Waals surface area contributed by atoms with Gasteiger partial charge in [0.1, 0.15) is 11.4 Å². The summed E-state index contributed by atoms with van der Waals surface area (Å²) in [4.78, 5) is 8.37. The Kier molecular flexibility index (Phi) is 3.28. The van der Waals surface area contributed by atoms with Crippen molar-refractivity contribution in [2.75, 3.05) is 7.11 Å². The van der Waals surface area contributed by atoms with Crippen molar-refractivity contribution in [3.63, 3.8) is 0 Å². The highest BCUT2D eigenvalue weighted by molar-refractivity contribution is 5.82. The van der Waals surface area contributed by atoms with Gasteiger partial charge < -0.3 is 4.74 Å². The Morgan fingerprint density at radius 3 is 2.81 bits per heavy atom. The molecule has 1 aromatic heterocycles. The Bertz CT molecular complexity index is 480. The van der Waals surface area contributed by atoms with E-state index >= 15 is 0 Å². The highest BCUT2D eigenvalue weighted by Crippen LogP contribution is 2.25. The standard InChI is InChI=1S/C13H12N2O/c1-16-13-7-3-2-6-12(13)15-10-11-5-4-8-14-9-11/h2-10H,1H3/b15-10+. The maximum Gasteiger partial charge on any atom is 0.144 e. The van der Waals surface area contributed by atoms with Crippen LogP contribution in [0, 0.1) is 0 Å². The van der Waals surface area contributed by atoms with E-state index in [0.717, 1.165) is 17.0 Å². The third-order valence-corrected chi connectivity index (χ3v) is 2.12. The van der Waals surface area contributed by atoms with Gasteiger partial charge in [-0.3, -0.25) is 9.98 Å². The third kappa shape index (κ3) is 2.45. The Morgan fingerprint density at radius 2 is 2.06 bits per heavy atom.